The van der Waals surface area contributed by atoms with Gasteiger partial charge in [0.15, 0.2) is 0 Å². The van der Waals surface area contributed by atoms with Crippen molar-refractivity contribution < 1.29 is 0 Å². The van der Waals surface area contributed by atoms with Crippen LogP contribution in [0.3, 0.4) is 0 Å². The first kappa shape index (κ1) is 20.7. The average Bonchev–Trinajstić information content (AvgIpc) is 3.35. The summed E-state index contributed by atoms with van der Waals surface area (Å²) in [5.74, 6) is 0. The summed E-state index contributed by atoms with van der Waals surface area (Å²) in [6, 6.07) is 49.0. The second-order valence-electron chi connectivity index (χ2n) is 9.74. The molecule has 0 aliphatic heterocycles. The van der Waals surface area contributed by atoms with E-state index in [0.29, 0.717) is 0 Å². The highest BCUT2D eigenvalue weighted by Crippen LogP contribution is 2.40. The Balaban J connectivity index is 1.35. The fourth-order valence-corrected chi connectivity index (χ4v) is 6.92. The second-order valence-corrected chi connectivity index (χ2v) is 10.8. The number of benzene rings is 7. The molecule has 1 aromatic heterocycles. The van der Waals surface area contributed by atoms with Gasteiger partial charge in [-0.15, -0.1) is 11.3 Å². The van der Waals surface area contributed by atoms with Gasteiger partial charge in [-0.2, -0.15) is 0 Å². The molecule has 0 radical (unpaired) electrons. The first-order chi connectivity index (χ1) is 18.3. The van der Waals surface area contributed by atoms with Crippen LogP contribution in [0, 0.1) is 0 Å². The van der Waals surface area contributed by atoms with Crippen LogP contribution in [0.5, 0.6) is 0 Å². The number of hydrogen-bond acceptors (Lipinski definition) is 1. The van der Waals surface area contributed by atoms with Crippen molar-refractivity contribution in [3.05, 3.63) is 133 Å². The Kier molecular flexibility index (Phi) is 4.49. The van der Waals surface area contributed by atoms with Gasteiger partial charge in [0.25, 0.3) is 0 Å². The maximum atomic E-state index is 2.38. The highest BCUT2D eigenvalue weighted by molar-refractivity contribution is 7.25. The molecule has 172 valence electrons. The zero-order chi connectivity index (χ0) is 24.3. The standard InChI is InChI=1S/C36H22S/c1-2-8-23(9-3-1)24-15-18-35-33(21-24)34-22-26(16-19-36(34)37-35)25-14-17-31-29-12-5-4-10-27(29)28-11-6-7-13-30(28)32(31)20-25/h1-22H. The molecule has 8 aromatic rings. The van der Waals surface area contributed by atoms with Crippen LogP contribution >= 0.6 is 11.3 Å². The van der Waals surface area contributed by atoms with Gasteiger partial charge >= 0.3 is 0 Å². The summed E-state index contributed by atoms with van der Waals surface area (Å²) >= 11 is 1.88. The molecule has 0 aliphatic carbocycles. The van der Waals surface area contributed by atoms with Crippen LogP contribution in [0.2, 0.25) is 0 Å². The van der Waals surface area contributed by atoms with Gasteiger partial charge in [0.05, 0.1) is 0 Å². The minimum Gasteiger partial charge on any atom is -0.135 e. The third-order valence-electron chi connectivity index (χ3n) is 7.65. The lowest BCUT2D eigenvalue weighted by Gasteiger charge is -2.12. The quantitative estimate of drug-likeness (QED) is 0.213. The van der Waals surface area contributed by atoms with E-state index in [-0.39, 0.29) is 0 Å². The van der Waals surface area contributed by atoms with Crippen LogP contribution in [0.4, 0.5) is 0 Å². The van der Waals surface area contributed by atoms with E-state index in [4.69, 9.17) is 0 Å². The van der Waals surface area contributed by atoms with Crippen molar-refractivity contribution in [2.45, 2.75) is 0 Å². The number of hydrogen-bond donors (Lipinski definition) is 0. The summed E-state index contributed by atoms with van der Waals surface area (Å²) < 4.78 is 2.67. The van der Waals surface area contributed by atoms with Crippen LogP contribution in [0.25, 0.3) is 74.7 Å². The summed E-state index contributed by atoms with van der Waals surface area (Å²) in [6.07, 6.45) is 0. The van der Waals surface area contributed by atoms with Crippen molar-refractivity contribution in [3.63, 3.8) is 0 Å². The maximum Gasteiger partial charge on any atom is 0.0355 e. The third kappa shape index (κ3) is 3.21. The van der Waals surface area contributed by atoms with Gasteiger partial charge in [-0.05, 0) is 84.9 Å². The molecule has 7 aromatic carbocycles. The van der Waals surface area contributed by atoms with Crippen LogP contribution in [-0.4, -0.2) is 0 Å². The molecule has 1 heterocycles. The average molecular weight is 487 g/mol. The van der Waals surface area contributed by atoms with Crippen molar-refractivity contribution in [2.24, 2.45) is 0 Å². The topological polar surface area (TPSA) is 0 Å². The highest BCUT2D eigenvalue weighted by Gasteiger charge is 2.12. The molecule has 0 N–H and O–H groups in total. The van der Waals surface area contributed by atoms with Gasteiger partial charge in [-0.25, -0.2) is 0 Å². The van der Waals surface area contributed by atoms with E-state index in [1.165, 1.54) is 74.7 Å². The van der Waals surface area contributed by atoms with Crippen molar-refractivity contribution in [3.8, 4) is 22.3 Å². The predicted octanol–water partition coefficient (Wildman–Crippen LogP) is 10.8. The van der Waals surface area contributed by atoms with Gasteiger partial charge in [-0.1, -0.05) is 103 Å². The Morgan fingerprint density at radius 1 is 0.270 bits per heavy atom. The molecule has 8 rings (SSSR count). The Morgan fingerprint density at radius 2 is 0.676 bits per heavy atom. The summed E-state index contributed by atoms with van der Waals surface area (Å²) in [7, 11) is 0. The van der Waals surface area contributed by atoms with Crippen molar-refractivity contribution in [2.75, 3.05) is 0 Å². The molecule has 0 fully saturated rings. The first-order valence-electron chi connectivity index (χ1n) is 12.7. The molecule has 0 aliphatic rings. The molecule has 37 heavy (non-hydrogen) atoms. The Morgan fingerprint density at radius 3 is 1.24 bits per heavy atom. The van der Waals surface area contributed by atoms with Crippen LogP contribution in [0.15, 0.2) is 133 Å². The SMILES string of the molecule is c1ccc(-c2ccc3sc4ccc(-c5ccc6c7ccccc7c7ccccc7c6c5)cc4c3c2)cc1. The third-order valence-corrected chi connectivity index (χ3v) is 8.81. The number of thiophene rings is 1. The van der Waals surface area contributed by atoms with Crippen molar-refractivity contribution >= 4 is 63.8 Å². The summed E-state index contributed by atoms with van der Waals surface area (Å²) in [5.41, 5.74) is 5.04. The maximum absolute atomic E-state index is 2.38. The largest absolute Gasteiger partial charge is 0.135 e. The molecular weight excluding hydrogens is 464 g/mol. The van der Waals surface area contributed by atoms with Gasteiger partial charge in [-0.3, -0.25) is 0 Å². The molecule has 0 bridgehead atoms. The van der Waals surface area contributed by atoms with Gasteiger partial charge in [0.1, 0.15) is 0 Å². The second kappa shape index (κ2) is 8.03. The van der Waals surface area contributed by atoms with Crippen LogP contribution in [-0.2, 0) is 0 Å². The lowest BCUT2D eigenvalue weighted by molar-refractivity contribution is 1.66. The van der Waals surface area contributed by atoms with Crippen LogP contribution in [0.1, 0.15) is 0 Å². The summed E-state index contributed by atoms with van der Waals surface area (Å²) in [4.78, 5) is 0. The van der Waals surface area contributed by atoms with E-state index in [1.807, 2.05) is 11.3 Å². The molecule has 0 spiro atoms. The molecule has 0 saturated heterocycles. The zero-order valence-electron chi connectivity index (χ0n) is 20.1. The summed E-state index contributed by atoms with van der Waals surface area (Å²) in [6.45, 7) is 0. The highest BCUT2D eigenvalue weighted by atomic mass is 32.1. The monoisotopic (exact) mass is 486 g/mol. The smallest absolute Gasteiger partial charge is 0.0355 e. The molecule has 0 amide bonds. The Hall–Kier alpha value is -4.46. The van der Waals surface area contributed by atoms with Crippen molar-refractivity contribution in [1.29, 1.82) is 0 Å². The molecule has 0 unspecified atom stereocenters. The van der Waals surface area contributed by atoms with Gasteiger partial charge in [0, 0.05) is 20.2 Å². The van der Waals surface area contributed by atoms with E-state index in [2.05, 4.69) is 133 Å². The van der Waals surface area contributed by atoms with Gasteiger partial charge < -0.3 is 0 Å². The Bertz CT molecular complexity index is 2100. The van der Waals surface area contributed by atoms with E-state index >= 15 is 0 Å². The minimum absolute atomic E-state index is 1.26. The zero-order valence-corrected chi connectivity index (χ0v) is 20.9. The number of rotatable bonds is 2. The van der Waals surface area contributed by atoms with Gasteiger partial charge in [0.2, 0.25) is 0 Å². The fraction of sp³-hybridized carbons (Fsp3) is 0. The fourth-order valence-electron chi connectivity index (χ4n) is 5.85. The first-order valence-corrected chi connectivity index (χ1v) is 13.5. The molecule has 0 nitrogen and oxygen atoms in total. The molecule has 1 heteroatoms. The lowest BCUT2D eigenvalue weighted by Crippen LogP contribution is -1.85. The van der Waals surface area contributed by atoms with E-state index in [9.17, 15) is 0 Å². The minimum atomic E-state index is 1.26. The van der Waals surface area contributed by atoms with Crippen molar-refractivity contribution in [1.82, 2.24) is 0 Å². The normalized spacial score (nSPS) is 11.8. The molecular formula is C36H22S. The van der Waals surface area contributed by atoms with E-state index in [0.717, 1.165) is 0 Å². The summed E-state index contributed by atoms with van der Waals surface area (Å²) in [5, 5.41) is 10.6. The predicted molar refractivity (Wildman–Crippen MR) is 163 cm³/mol. The number of fused-ring (bicyclic) bond motifs is 9. The molecule has 0 saturated carbocycles. The lowest BCUT2D eigenvalue weighted by atomic mass is 9.92. The Labute approximate surface area is 219 Å². The van der Waals surface area contributed by atoms with E-state index < -0.39 is 0 Å². The van der Waals surface area contributed by atoms with E-state index in [1.54, 1.807) is 0 Å². The molecule has 0 atom stereocenters. The van der Waals surface area contributed by atoms with Crippen LogP contribution < -0.4 is 0 Å².